The SMILES string of the molecule is CNCN1CC2C(COc3ccc(-c4ccc(S(C)=O)cc4)nc3)C2C1. The zero-order chi connectivity index (χ0) is 18.1. The number of hydrogen-bond acceptors (Lipinski definition) is 5. The van der Waals surface area contributed by atoms with Crippen LogP contribution in [-0.2, 0) is 10.8 Å². The molecule has 2 heterocycles. The van der Waals surface area contributed by atoms with E-state index in [1.807, 2.05) is 43.4 Å². The zero-order valence-corrected chi connectivity index (χ0v) is 16.0. The van der Waals surface area contributed by atoms with Crippen molar-refractivity contribution in [2.75, 3.05) is 39.7 Å². The Balaban J connectivity index is 1.30. The van der Waals surface area contributed by atoms with Crippen LogP contribution < -0.4 is 10.1 Å². The molecule has 6 heteroatoms. The minimum Gasteiger partial charge on any atom is -0.492 e. The summed E-state index contributed by atoms with van der Waals surface area (Å²) in [6, 6.07) is 11.7. The van der Waals surface area contributed by atoms with E-state index in [0.717, 1.165) is 47.0 Å². The van der Waals surface area contributed by atoms with Crippen LogP contribution in [0.4, 0.5) is 0 Å². The molecule has 1 N–H and O–H groups in total. The molecule has 2 aromatic rings. The number of likely N-dealkylation sites (tertiary alicyclic amines) is 1. The molecule has 1 aromatic carbocycles. The van der Waals surface area contributed by atoms with Crippen molar-refractivity contribution in [2.45, 2.75) is 4.90 Å². The largest absolute Gasteiger partial charge is 0.492 e. The lowest BCUT2D eigenvalue weighted by atomic mass is 10.1. The number of fused-ring (bicyclic) bond motifs is 1. The average Bonchev–Trinajstić information content (AvgIpc) is 3.11. The summed E-state index contributed by atoms with van der Waals surface area (Å²) < 4.78 is 17.4. The Hall–Kier alpha value is -1.76. The van der Waals surface area contributed by atoms with Gasteiger partial charge in [0, 0.05) is 53.2 Å². The lowest BCUT2D eigenvalue weighted by Crippen LogP contribution is -2.33. The van der Waals surface area contributed by atoms with Crippen LogP contribution in [0.15, 0.2) is 47.5 Å². The van der Waals surface area contributed by atoms with Crippen LogP contribution >= 0.6 is 0 Å². The molecule has 1 aliphatic carbocycles. The number of nitrogens with one attached hydrogen (secondary N) is 1. The number of hydrogen-bond donors (Lipinski definition) is 1. The summed E-state index contributed by atoms with van der Waals surface area (Å²) in [7, 11) is 1.05. The lowest BCUT2D eigenvalue weighted by Gasteiger charge is -2.18. The molecule has 1 aliphatic heterocycles. The average molecular weight is 372 g/mol. The van der Waals surface area contributed by atoms with Gasteiger partial charge in [0.05, 0.1) is 18.5 Å². The molecule has 26 heavy (non-hydrogen) atoms. The molecule has 1 saturated carbocycles. The molecule has 138 valence electrons. The van der Waals surface area contributed by atoms with Crippen molar-refractivity contribution in [3.05, 3.63) is 42.6 Å². The van der Waals surface area contributed by atoms with Crippen LogP contribution in [-0.4, -0.2) is 53.8 Å². The molecule has 3 unspecified atom stereocenters. The third-order valence-corrected chi connectivity index (χ3v) is 6.43. The molecule has 2 aliphatic rings. The summed E-state index contributed by atoms with van der Waals surface area (Å²) in [5, 5.41) is 3.22. The molecule has 1 aromatic heterocycles. The van der Waals surface area contributed by atoms with E-state index < -0.39 is 10.8 Å². The van der Waals surface area contributed by atoms with E-state index in [-0.39, 0.29) is 0 Å². The number of pyridine rings is 1. The highest BCUT2D eigenvalue weighted by molar-refractivity contribution is 7.84. The first-order chi connectivity index (χ1) is 12.7. The Morgan fingerprint density at radius 1 is 1.19 bits per heavy atom. The van der Waals surface area contributed by atoms with E-state index >= 15 is 0 Å². The van der Waals surface area contributed by atoms with E-state index in [2.05, 4.69) is 15.2 Å². The second-order valence-corrected chi connectivity index (χ2v) is 8.59. The van der Waals surface area contributed by atoms with E-state index in [1.54, 1.807) is 12.5 Å². The molecule has 5 nitrogen and oxygen atoms in total. The molecule has 0 spiro atoms. The van der Waals surface area contributed by atoms with Crippen LogP contribution in [0.1, 0.15) is 0 Å². The van der Waals surface area contributed by atoms with Crippen LogP contribution in [0.3, 0.4) is 0 Å². The Morgan fingerprint density at radius 2 is 1.92 bits per heavy atom. The van der Waals surface area contributed by atoms with E-state index in [9.17, 15) is 4.21 Å². The summed E-state index contributed by atoms with van der Waals surface area (Å²) >= 11 is 0. The molecule has 0 amide bonds. The first kappa shape index (κ1) is 17.6. The van der Waals surface area contributed by atoms with Crippen molar-refractivity contribution in [3.63, 3.8) is 0 Å². The summed E-state index contributed by atoms with van der Waals surface area (Å²) in [6.07, 6.45) is 3.48. The van der Waals surface area contributed by atoms with Gasteiger partial charge in [-0.2, -0.15) is 0 Å². The molecular weight excluding hydrogens is 346 g/mol. The quantitative estimate of drug-likeness (QED) is 0.809. The predicted molar refractivity (Wildman–Crippen MR) is 103 cm³/mol. The second kappa shape index (κ2) is 7.47. The minimum atomic E-state index is -0.951. The zero-order valence-electron chi connectivity index (χ0n) is 15.2. The molecule has 0 bridgehead atoms. The van der Waals surface area contributed by atoms with Gasteiger partial charge in [-0.05, 0) is 43.1 Å². The van der Waals surface area contributed by atoms with Crippen molar-refractivity contribution >= 4 is 10.8 Å². The third kappa shape index (κ3) is 3.68. The van der Waals surface area contributed by atoms with Gasteiger partial charge in [0.15, 0.2) is 0 Å². The van der Waals surface area contributed by atoms with Gasteiger partial charge in [-0.1, -0.05) is 12.1 Å². The minimum absolute atomic E-state index is 0.699. The smallest absolute Gasteiger partial charge is 0.137 e. The Bertz CT molecular complexity index is 767. The van der Waals surface area contributed by atoms with Gasteiger partial charge in [-0.25, -0.2) is 0 Å². The number of ether oxygens (including phenoxy) is 1. The number of nitrogens with zero attached hydrogens (tertiary/aromatic N) is 2. The highest BCUT2D eigenvalue weighted by Gasteiger charge is 2.55. The van der Waals surface area contributed by atoms with E-state index in [0.29, 0.717) is 5.92 Å². The van der Waals surface area contributed by atoms with Gasteiger partial charge in [0.25, 0.3) is 0 Å². The fourth-order valence-corrected chi connectivity index (χ4v) is 4.50. The normalized spacial score (nSPS) is 25.7. The fraction of sp³-hybridized carbons (Fsp3) is 0.450. The standard InChI is InChI=1S/C20H25N3O2S/c1-21-13-23-10-17-18(11-23)19(17)12-25-15-5-8-20(22-9-15)14-3-6-16(7-4-14)26(2)24/h3-9,17-19,21H,10-13H2,1-2H3. The second-order valence-electron chi connectivity index (χ2n) is 7.21. The Morgan fingerprint density at radius 3 is 2.50 bits per heavy atom. The van der Waals surface area contributed by atoms with Crippen LogP contribution in [0, 0.1) is 17.8 Å². The summed E-state index contributed by atoms with van der Waals surface area (Å²) in [5.41, 5.74) is 1.92. The summed E-state index contributed by atoms with van der Waals surface area (Å²) in [4.78, 5) is 7.82. The lowest BCUT2D eigenvalue weighted by molar-refractivity contribution is 0.228. The van der Waals surface area contributed by atoms with Crippen molar-refractivity contribution in [3.8, 4) is 17.0 Å². The van der Waals surface area contributed by atoms with Crippen molar-refractivity contribution in [1.82, 2.24) is 15.2 Å². The number of rotatable bonds is 7. The van der Waals surface area contributed by atoms with Crippen LogP contribution in [0.2, 0.25) is 0 Å². The predicted octanol–water partition coefficient (Wildman–Crippen LogP) is 2.22. The number of aromatic nitrogens is 1. The maximum atomic E-state index is 11.5. The molecule has 0 radical (unpaired) electrons. The van der Waals surface area contributed by atoms with Crippen molar-refractivity contribution in [2.24, 2.45) is 17.8 Å². The number of benzene rings is 1. The van der Waals surface area contributed by atoms with Gasteiger partial charge < -0.3 is 10.1 Å². The molecule has 1 saturated heterocycles. The monoisotopic (exact) mass is 371 g/mol. The Labute approximate surface area is 157 Å². The summed E-state index contributed by atoms with van der Waals surface area (Å²) in [5.74, 6) is 3.14. The number of piperidine rings is 1. The third-order valence-electron chi connectivity index (χ3n) is 5.49. The van der Waals surface area contributed by atoms with E-state index in [4.69, 9.17) is 4.74 Å². The van der Waals surface area contributed by atoms with Gasteiger partial charge in [0.2, 0.25) is 0 Å². The topological polar surface area (TPSA) is 54.5 Å². The van der Waals surface area contributed by atoms with Gasteiger partial charge >= 0.3 is 0 Å². The van der Waals surface area contributed by atoms with Crippen molar-refractivity contribution in [1.29, 1.82) is 0 Å². The van der Waals surface area contributed by atoms with Gasteiger partial charge in [-0.15, -0.1) is 0 Å². The maximum absolute atomic E-state index is 11.5. The summed E-state index contributed by atoms with van der Waals surface area (Å²) in [6.45, 7) is 4.16. The van der Waals surface area contributed by atoms with Crippen LogP contribution in [0.5, 0.6) is 5.75 Å². The maximum Gasteiger partial charge on any atom is 0.137 e. The van der Waals surface area contributed by atoms with Gasteiger partial charge in [0.1, 0.15) is 5.75 Å². The first-order valence-corrected chi connectivity index (χ1v) is 10.6. The van der Waals surface area contributed by atoms with Crippen LogP contribution in [0.25, 0.3) is 11.3 Å². The molecule has 2 fully saturated rings. The van der Waals surface area contributed by atoms with Crippen molar-refractivity contribution < 1.29 is 8.95 Å². The molecule has 3 atom stereocenters. The fourth-order valence-electron chi connectivity index (χ4n) is 3.98. The Kier molecular flexibility index (Phi) is 5.07. The van der Waals surface area contributed by atoms with Gasteiger partial charge in [-0.3, -0.25) is 14.1 Å². The molecule has 4 rings (SSSR count). The first-order valence-electron chi connectivity index (χ1n) is 9.05. The van der Waals surface area contributed by atoms with E-state index in [1.165, 1.54) is 13.1 Å². The highest BCUT2D eigenvalue weighted by Crippen LogP contribution is 2.51. The highest BCUT2D eigenvalue weighted by atomic mass is 32.2. The molecular formula is C20H25N3O2S.